The Morgan fingerprint density at radius 1 is 0.569 bits per heavy atom. The van der Waals surface area contributed by atoms with Crippen molar-refractivity contribution >= 4 is 51.0 Å². The maximum absolute atomic E-state index is 8.78. The fraction of sp³-hybridized carbons (Fsp3) is 0.0638. The van der Waals surface area contributed by atoms with Gasteiger partial charge < -0.3 is 4.90 Å². The topological polar surface area (TPSA) is 51.5 Å². The van der Waals surface area contributed by atoms with Crippen molar-refractivity contribution in [2.45, 2.75) is 19.3 Å². The highest BCUT2D eigenvalue weighted by atomic mass is 15.3. The summed E-state index contributed by atoms with van der Waals surface area (Å²) >= 11 is 0. The summed E-state index contributed by atoms with van der Waals surface area (Å²) < 4.78 is 0. The van der Waals surface area contributed by atoms with Crippen molar-refractivity contribution in [3.8, 4) is 22.3 Å². The Labute approximate surface area is 298 Å². The first-order valence-corrected chi connectivity index (χ1v) is 17.4. The summed E-state index contributed by atoms with van der Waals surface area (Å²) in [6.45, 7) is 4.66. The molecule has 2 aliphatic carbocycles. The lowest BCUT2D eigenvalue weighted by molar-refractivity contribution is 0.660. The van der Waals surface area contributed by atoms with E-state index in [4.69, 9.17) is 10.5 Å². The van der Waals surface area contributed by atoms with E-state index in [0.717, 1.165) is 55.8 Å². The van der Waals surface area contributed by atoms with E-state index in [0.29, 0.717) is 11.4 Å². The molecule has 0 bridgehead atoms. The number of benzene rings is 7. The third-order valence-corrected chi connectivity index (χ3v) is 10.3. The Morgan fingerprint density at radius 2 is 1.22 bits per heavy atom. The fourth-order valence-electron chi connectivity index (χ4n) is 7.71. The molecule has 2 aliphatic rings. The maximum Gasteiger partial charge on any atom is 0.117 e. The van der Waals surface area contributed by atoms with E-state index in [1.165, 1.54) is 22.3 Å². The van der Waals surface area contributed by atoms with Gasteiger partial charge >= 0.3 is 0 Å². The number of rotatable bonds is 6. The zero-order chi connectivity index (χ0) is 34.5. The average molecular weight is 657 g/mol. The molecular weight excluding hydrogens is 621 g/mol. The number of para-hydroxylation sites is 2. The minimum Gasteiger partial charge on any atom is -0.310 e. The molecule has 0 radical (unpaired) electrons. The van der Waals surface area contributed by atoms with Gasteiger partial charge in [0.1, 0.15) is 5.71 Å². The third kappa shape index (κ3) is 5.24. The molecule has 0 heterocycles. The van der Waals surface area contributed by atoms with Crippen molar-refractivity contribution in [3.05, 3.63) is 186 Å². The minimum absolute atomic E-state index is 0.0834. The van der Waals surface area contributed by atoms with Crippen LogP contribution in [0, 0.1) is 5.41 Å². The molecule has 0 saturated heterocycles. The molecule has 0 fully saturated rings. The van der Waals surface area contributed by atoms with Gasteiger partial charge in [-0.15, -0.1) is 0 Å². The van der Waals surface area contributed by atoms with E-state index >= 15 is 0 Å². The molecule has 0 atom stereocenters. The Balaban J connectivity index is 1.10. The molecule has 0 saturated carbocycles. The number of nitrogens with one attached hydrogen (secondary N) is 2. The van der Waals surface area contributed by atoms with Crippen LogP contribution in [-0.4, -0.2) is 11.4 Å². The smallest absolute Gasteiger partial charge is 0.117 e. The molecule has 7 aromatic carbocycles. The molecular formula is C47H36N4. The van der Waals surface area contributed by atoms with Gasteiger partial charge in [-0.2, -0.15) is 5.10 Å². The Morgan fingerprint density at radius 3 is 2.02 bits per heavy atom. The molecule has 0 unspecified atom stereocenters. The van der Waals surface area contributed by atoms with Gasteiger partial charge in [-0.25, -0.2) is 0 Å². The highest BCUT2D eigenvalue weighted by Crippen LogP contribution is 2.50. The van der Waals surface area contributed by atoms with E-state index in [1.807, 2.05) is 42.5 Å². The van der Waals surface area contributed by atoms with Crippen molar-refractivity contribution in [1.29, 1.82) is 5.41 Å². The number of anilines is 4. The van der Waals surface area contributed by atoms with Crippen LogP contribution in [0.3, 0.4) is 0 Å². The third-order valence-electron chi connectivity index (χ3n) is 10.3. The fourth-order valence-corrected chi connectivity index (χ4v) is 7.71. The van der Waals surface area contributed by atoms with Crippen molar-refractivity contribution in [3.63, 3.8) is 0 Å². The van der Waals surface area contributed by atoms with Crippen LogP contribution in [0.1, 0.15) is 36.1 Å². The Hall–Kier alpha value is -6.52. The second-order valence-corrected chi connectivity index (χ2v) is 13.8. The van der Waals surface area contributed by atoms with Crippen LogP contribution in [0.2, 0.25) is 0 Å². The van der Waals surface area contributed by atoms with Crippen LogP contribution in [0.25, 0.3) is 39.1 Å². The summed E-state index contributed by atoms with van der Waals surface area (Å²) in [5, 5.41) is 15.7. The molecule has 244 valence electrons. The number of hydrazone groups is 1. The van der Waals surface area contributed by atoms with E-state index < -0.39 is 0 Å². The van der Waals surface area contributed by atoms with E-state index in [2.05, 4.69) is 152 Å². The van der Waals surface area contributed by atoms with E-state index in [9.17, 15) is 0 Å². The van der Waals surface area contributed by atoms with Gasteiger partial charge in [0.05, 0.1) is 11.4 Å². The zero-order valence-corrected chi connectivity index (χ0v) is 28.6. The molecule has 4 nitrogen and oxygen atoms in total. The molecule has 0 aromatic heterocycles. The van der Waals surface area contributed by atoms with Crippen LogP contribution >= 0.6 is 0 Å². The van der Waals surface area contributed by atoms with Gasteiger partial charge in [0.15, 0.2) is 0 Å². The lowest BCUT2D eigenvalue weighted by Crippen LogP contribution is -2.19. The van der Waals surface area contributed by atoms with E-state index in [1.54, 1.807) is 0 Å². The first-order valence-electron chi connectivity index (χ1n) is 17.4. The standard InChI is InChI=1S/C47H36N4/c1-47(2)42-16-10-9-15-39(42)40-27-26-38(30-43(40)47)51(36-13-7-4-8-14-36)37-24-21-31(22-25-37)34-20-18-32-17-19-33-23-28-44(48)46(45(33)41(32)29-34)50-49-35-11-5-3-6-12-35/h3-30,48-49H,1-2H3/b48-44?,50-46+. The highest BCUT2D eigenvalue weighted by molar-refractivity contribution is 6.55. The lowest BCUT2D eigenvalue weighted by Gasteiger charge is -2.28. The number of allylic oxidation sites excluding steroid dienone is 1. The predicted molar refractivity (Wildman–Crippen MR) is 215 cm³/mol. The van der Waals surface area contributed by atoms with Crippen LogP contribution < -0.4 is 10.3 Å². The van der Waals surface area contributed by atoms with Gasteiger partial charge in [-0.05, 0) is 110 Å². The summed E-state index contributed by atoms with van der Waals surface area (Å²) in [4.78, 5) is 2.35. The van der Waals surface area contributed by atoms with Crippen LogP contribution in [-0.2, 0) is 5.41 Å². The zero-order valence-electron chi connectivity index (χ0n) is 28.6. The van der Waals surface area contributed by atoms with Crippen LogP contribution in [0.5, 0.6) is 0 Å². The summed E-state index contributed by atoms with van der Waals surface area (Å²) in [6, 6.07) is 55.9. The Bertz CT molecular complexity index is 2530. The lowest BCUT2D eigenvalue weighted by atomic mass is 9.82. The van der Waals surface area contributed by atoms with Crippen molar-refractivity contribution < 1.29 is 0 Å². The predicted octanol–water partition coefficient (Wildman–Crippen LogP) is 12.1. The van der Waals surface area contributed by atoms with Crippen molar-refractivity contribution in [2.75, 3.05) is 10.3 Å². The highest BCUT2D eigenvalue weighted by Gasteiger charge is 2.35. The maximum atomic E-state index is 8.78. The Kier molecular flexibility index (Phi) is 7.25. The molecule has 9 rings (SSSR count). The molecule has 0 amide bonds. The van der Waals surface area contributed by atoms with Gasteiger partial charge in [-0.3, -0.25) is 10.8 Å². The van der Waals surface area contributed by atoms with Crippen molar-refractivity contribution in [2.24, 2.45) is 5.10 Å². The number of hydrogen-bond acceptors (Lipinski definition) is 4. The van der Waals surface area contributed by atoms with Crippen molar-refractivity contribution in [1.82, 2.24) is 0 Å². The second-order valence-electron chi connectivity index (χ2n) is 13.8. The number of nitrogens with zero attached hydrogens (tertiary/aromatic N) is 2. The number of fused-ring (bicyclic) bond motifs is 6. The monoisotopic (exact) mass is 656 g/mol. The second kappa shape index (κ2) is 12.1. The van der Waals surface area contributed by atoms with Crippen LogP contribution in [0.15, 0.2) is 169 Å². The first-order chi connectivity index (χ1) is 25.0. The molecule has 0 spiro atoms. The summed E-state index contributed by atoms with van der Waals surface area (Å²) in [5.74, 6) is 0. The summed E-state index contributed by atoms with van der Waals surface area (Å²) in [5.41, 5.74) is 18.0. The normalized spacial score (nSPS) is 14.6. The SMILES string of the molecule is CC1(C)c2ccccc2-c2ccc(N(c3ccccc3)c3ccc(-c4ccc5ccc6c(c5c4)/C(=N/Nc4ccccc4)C(=N)C=C6)cc3)cc21. The molecule has 4 heteroatoms. The van der Waals surface area contributed by atoms with Gasteiger partial charge in [0.2, 0.25) is 0 Å². The van der Waals surface area contributed by atoms with Gasteiger partial charge in [0.25, 0.3) is 0 Å². The van der Waals surface area contributed by atoms with E-state index in [-0.39, 0.29) is 5.41 Å². The quantitative estimate of drug-likeness (QED) is 0.175. The summed E-state index contributed by atoms with van der Waals surface area (Å²) in [6.07, 6.45) is 3.83. The molecule has 2 N–H and O–H groups in total. The number of hydrogen-bond donors (Lipinski definition) is 2. The van der Waals surface area contributed by atoms with Gasteiger partial charge in [-0.1, -0.05) is 123 Å². The molecule has 0 aliphatic heterocycles. The summed E-state index contributed by atoms with van der Waals surface area (Å²) in [7, 11) is 0. The molecule has 51 heavy (non-hydrogen) atoms. The van der Waals surface area contributed by atoms with Gasteiger partial charge in [0, 0.05) is 28.0 Å². The van der Waals surface area contributed by atoms with Crippen LogP contribution in [0.4, 0.5) is 22.7 Å². The first kappa shape index (κ1) is 30.5. The average Bonchev–Trinajstić information content (AvgIpc) is 3.41. The largest absolute Gasteiger partial charge is 0.310 e. The minimum atomic E-state index is -0.0834. The molecule has 7 aromatic rings.